The molecule has 8 aromatic rings. The Labute approximate surface area is 511 Å². The Hall–Kier alpha value is -8.53. The van der Waals surface area contributed by atoms with E-state index in [-0.39, 0.29) is 69.0 Å². The van der Waals surface area contributed by atoms with E-state index < -0.39 is 88.2 Å². The van der Waals surface area contributed by atoms with E-state index in [0.29, 0.717) is 40.7 Å². The fourth-order valence-corrected chi connectivity index (χ4v) is 10.4. The molecule has 5 N–H and O–H groups in total. The number of rotatable bonds is 18. The van der Waals surface area contributed by atoms with Gasteiger partial charge in [-0.1, -0.05) is 54.6 Å². The Bertz CT molecular complexity index is 4110. The molecule has 474 valence electrons. The highest BCUT2D eigenvalue weighted by Crippen LogP contribution is 2.39. The number of nitrogen functional groups attached to an aromatic ring is 1. The SMILES string of the molecule is CCCCCC(C)OC(=O)COc1ccc(Cl)c2cccnc12.COc1cc(OC)n2nc(NS(=O)(=O)c3c(C(F)(F)F)ccnc3OC)nc2n1.Cc1nn(C)c(O)c1C(=O)c1ccc(C(F)(F)F)cc1S(C)(=O)=O.Nc1cc(Cl)nc(C(=O)O)c1Cl. The number of nitrogens with zero attached hydrogens (tertiary/aromatic N) is 9. The molecule has 0 amide bonds. The molecule has 0 bridgehead atoms. The van der Waals surface area contributed by atoms with Crippen LogP contribution in [0.5, 0.6) is 29.3 Å². The number of esters is 1. The molecule has 6 aromatic heterocycles. The van der Waals surface area contributed by atoms with Gasteiger partial charge in [-0.05, 0) is 81.3 Å². The molecule has 8 rings (SSSR count). The van der Waals surface area contributed by atoms with Gasteiger partial charge in [0.25, 0.3) is 21.7 Å². The van der Waals surface area contributed by atoms with Crippen LogP contribution in [-0.4, -0.2) is 129 Å². The number of aromatic carboxylic acids is 1. The van der Waals surface area contributed by atoms with Crippen molar-refractivity contribution in [2.24, 2.45) is 7.05 Å². The van der Waals surface area contributed by atoms with Gasteiger partial charge in [-0.25, -0.2) is 45.8 Å². The van der Waals surface area contributed by atoms with Gasteiger partial charge in [-0.15, -0.1) is 5.10 Å². The number of anilines is 2. The molecular formula is C52H52Cl3F6N11O14S2. The van der Waals surface area contributed by atoms with E-state index in [1.165, 1.54) is 40.3 Å². The molecule has 25 nitrogen and oxygen atoms in total. The van der Waals surface area contributed by atoms with Crippen LogP contribution in [0, 0.1) is 6.92 Å². The number of carbonyl (C=O) groups is 3. The summed E-state index contributed by atoms with van der Waals surface area (Å²) in [5.74, 6) is -3.74. The monoisotopic (exact) mass is 1340 g/mol. The van der Waals surface area contributed by atoms with E-state index in [9.17, 15) is 62.7 Å². The average Bonchev–Trinajstić information content (AvgIpc) is 1.58. The van der Waals surface area contributed by atoms with Gasteiger partial charge in [0, 0.05) is 36.6 Å². The molecule has 0 fully saturated rings. The zero-order valence-electron chi connectivity index (χ0n) is 47.2. The number of carboxylic acid groups (broad SMARTS) is 1. The molecule has 88 heavy (non-hydrogen) atoms. The lowest BCUT2D eigenvalue weighted by atomic mass is 10.0. The molecular weight excluding hydrogens is 1290 g/mol. The maximum Gasteiger partial charge on any atom is 0.418 e. The number of alkyl halides is 6. The van der Waals surface area contributed by atoms with Crippen molar-refractivity contribution in [3.05, 3.63) is 122 Å². The highest BCUT2D eigenvalue weighted by atomic mass is 35.5. The second-order valence-electron chi connectivity index (χ2n) is 18.0. The number of methoxy groups -OCH3 is 3. The first-order valence-corrected chi connectivity index (χ1v) is 29.5. The first-order chi connectivity index (χ1) is 41.1. The Morgan fingerprint density at radius 3 is 2.12 bits per heavy atom. The maximum atomic E-state index is 13.3. The number of aryl methyl sites for hydroxylation is 2. The second kappa shape index (κ2) is 29.4. The number of fused-ring (bicyclic) bond motifs is 2. The van der Waals surface area contributed by atoms with Crippen molar-refractivity contribution < 1.29 is 91.5 Å². The number of carbonyl (C=O) groups excluding carboxylic acids is 2. The molecule has 0 aliphatic rings. The number of pyridine rings is 3. The Morgan fingerprint density at radius 1 is 0.852 bits per heavy atom. The normalized spacial score (nSPS) is 11.9. The molecule has 0 aliphatic carbocycles. The average molecular weight is 1340 g/mol. The number of sulfonamides is 1. The quantitative estimate of drug-likeness (QED) is 0.0204. The zero-order valence-corrected chi connectivity index (χ0v) is 51.1. The van der Waals surface area contributed by atoms with Crippen molar-refractivity contribution in [3.8, 4) is 29.3 Å². The molecule has 0 aliphatic heterocycles. The van der Waals surface area contributed by atoms with Crippen molar-refractivity contribution in [2.45, 2.75) is 74.7 Å². The lowest BCUT2D eigenvalue weighted by Crippen LogP contribution is -2.21. The number of nitrogens with two attached hydrogens (primary N) is 1. The number of unbranched alkanes of at least 4 members (excludes halogenated alkanes) is 2. The number of hydrogen-bond donors (Lipinski definition) is 4. The van der Waals surface area contributed by atoms with E-state index in [1.54, 1.807) is 18.3 Å². The van der Waals surface area contributed by atoms with Crippen molar-refractivity contribution in [3.63, 3.8) is 0 Å². The predicted octanol–water partition coefficient (Wildman–Crippen LogP) is 9.90. The van der Waals surface area contributed by atoms with Crippen LogP contribution < -0.4 is 29.4 Å². The number of nitrogens with one attached hydrogen (secondary N) is 1. The highest BCUT2D eigenvalue weighted by molar-refractivity contribution is 7.93. The maximum absolute atomic E-state index is 13.3. The molecule has 2 aromatic carbocycles. The summed E-state index contributed by atoms with van der Waals surface area (Å²) in [5, 5.41) is 27.4. The molecule has 1 atom stereocenters. The Balaban J connectivity index is 0.000000221. The third kappa shape index (κ3) is 17.8. The largest absolute Gasteiger partial charge is 0.493 e. The number of hydrogen-bond acceptors (Lipinski definition) is 21. The fraction of sp³-hybridized carbons (Fsp3) is 0.308. The number of carboxylic acids is 1. The molecule has 0 saturated heterocycles. The van der Waals surface area contributed by atoms with Gasteiger partial charge in [0.2, 0.25) is 29.3 Å². The van der Waals surface area contributed by atoms with E-state index in [4.69, 9.17) is 69.3 Å². The van der Waals surface area contributed by atoms with Crippen LogP contribution in [0.3, 0.4) is 0 Å². The minimum atomic E-state index is -4.98. The van der Waals surface area contributed by atoms with Crippen LogP contribution in [-0.2, 0) is 48.8 Å². The third-order valence-electron chi connectivity index (χ3n) is 11.6. The summed E-state index contributed by atoms with van der Waals surface area (Å²) >= 11 is 17.1. The van der Waals surface area contributed by atoms with Gasteiger partial charge in [0.05, 0.1) is 70.9 Å². The van der Waals surface area contributed by atoms with E-state index in [0.717, 1.165) is 59.6 Å². The van der Waals surface area contributed by atoms with Crippen LogP contribution in [0.2, 0.25) is 15.2 Å². The zero-order chi connectivity index (χ0) is 65.8. The summed E-state index contributed by atoms with van der Waals surface area (Å²) in [4.78, 5) is 52.0. The summed E-state index contributed by atoms with van der Waals surface area (Å²) in [5.41, 5.74) is 2.51. The van der Waals surface area contributed by atoms with Crippen LogP contribution in [0.25, 0.3) is 16.7 Å². The van der Waals surface area contributed by atoms with Gasteiger partial charge in [0.15, 0.2) is 27.0 Å². The molecule has 6 heterocycles. The van der Waals surface area contributed by atoms with Crippen LogP contribution in [0.4, 0.5) is 38.0 Å². The minimum Gasteiger partial charge on any atom is -0.493 e. The number of aromatic nitrogens is 9. The first kappa shape index (κ1) is 70.2. The van der Waals surface area contributed by atoms with Gasteiger partial charge >= 0.3 is 24.3 Å². The van der Waals surface area contributed by atoms with Gasteiger partial charge in [0.1, 0.15) is 22.0 Å². The second-order valence-corrected chi connectivity index (χ2v) is 22.8. The summed E-state index contributed by atoms with van der Waals surface area (Å²) < 4.78 is 157. The Morgan fingerprint density at radius 2 is 1.55 bits per heavy atom. The molecule has 0 spiro atoms. The first-order valence-electron chi connectivity index (χ1n) is 25.0. The number of benzene rings is 2. The van der Waals surface area contributed by atoms with E-state index in [1.807, 2.05) is 23.8 Å². The summed E-state index contributed by atoms with van der Waals surface area (Å²) in [6.45, 7) is 5.34. The van der Waals surface area contributed by atoms with E-state index >= 15 is 0 Å². The van der Waals surface area contributed by atoms with Gasteiger partial charge in [-0.2, -0.15) is 45.9 Å². The summed E-state index contributed by atoms with van der Waals surface area (Å²) in [7, 11) is -3.96. The summed E-state index contributed by atoms with van der Waals surface area (Å²) in [6, 6.07) is 12.1. The predicted molar refractivity (Wildman–Crippen MR) is 306 cm³/mol. The molecule has 0 radical (unpaired) electrons. The number of ketones is 1. The smallest absolute Gasteiger partial charge is 0.418 e. The van der Waals surface area contributed by atoms with Crippen LogP contribution in [0.1, 0.15) is 82.8 Å². The van der Waals surface area contributed by atoms with Gasteiger partial charge in [-0.3, -0.25) is 9.78 Å². The van der Waals surface area contributed by atoms with Crippen molar-refractivity contribution in [1.82, 2.24) is 44.3 Å². The number of halogens is 9. The topological polar surface area (TPSA) is 344 Å². The molecule has 0 saturated carbocycles. The van der Waals surface area contributed by atoms with E-state index in [2.05, 4.69) is 42.0 Å². The number of sulfone groups is 1. The number of ether oxygens (including phenoxy) is 5. The lowest BCUT2D eigenvalue weighted by molar-refractivity contribution is -0.151. The Kier molecular flexibility index (Phi) is 23.5. The van der Waals surface area contributed by atoms with Crippen molar-refractivity contribution in [2.75, 3.05) is 44.6 Å². The van der Waals surface area contributed by atoms with Crippen molar-refractivity contribution in [1.29, 1.82) is 0 Å². The highest BCUT2D eigenvalue weighted by Gasteiger charge is 2.41. The van der Waals surface area contributed by atoms with Crippen molar-refractivity contribution >= 4 is 101 Å². The summed E-state index contributed by atoms with van der Waals surface area (Å²) in [6.07, 6.45) is -2.42. The molecule has 1 unspecified atom stereocenters. The minimum absolute atomic E-state index is 0.00861. The fourth-order valence-electron chi connectivity index (χ4n) is 7.61. The number of aromatic hydroxyl groups is 1. The van der Waals surface area contributed by atoms with Crippen LogP contribution >= 0.6 is 34.8 Å². The lowest BCUT2D eigenvalue weighted by Gasteiger charge is -2.15. The van der Waals surface area contributed by atoms with Crippen LogP contribution in [0.15, 0.2) is 82.8 Å². The van der Waals surface area contributed by atoms with Gasteiger partial charge < -0.3 is 39.6 Å². The standard InChI is InChI=1S/C18H22ClNO3.C14H13F3N6O5S.C14H13F3N2O4S.C6H4Cl2N2O2/c1-3-4-5-7-13(2)23-17(21)12-22-16-10-9-15(19)14-8-6-11-20-18(14)16;1-26-8-6-9(27-2)23-13(19-8)20-12(21-23)22-29(24,25)10-7(14(15,16)17)4-5-18-11(10)28-3;1-7-11(13(21)19(2)18-7)12(20)9-5-4-8(14(15,16)17)6-10(9)24(3,22)23;7-3-1-2(9)4(8)5(10-3)6(11)12/h6,8-11,13H,3-5,7,12H2,1-2H3;4-6H,1-3H3,(H,21,22);4-6,21H,1-3H3;1H,(H2,9,10)(H,11,12). The molecule has 36 heteroatoms. The third-order valence-corrected chi connectivity index (χ3v) is 15.1.